The van der Waals surface area contributed by atoms with Gasteiger partial charge in [-0.05, 0) is 43.4 Å². The van der Waals surface area contributed by atoms with Crippen molar-refractivity contribution in [3.05, 3.63) is 35.6 Å². The lowest BCUT2D eigenvalue weighted by Gasteiger charge is -2.39. The van der Waals surface area contributed by atoms with Crippen LogP contribution >= 0.6 is 0 Å². The summed E-state index contributed by atoms with van der Waals surface area (Å²) in [6, 6.07) is 6.83. The van der Waals surface area contributed by atoms with Gasteiger partial charge in [0, 0.05) is 32.1 Å². The Bertz CT molecular complexity index is 787. The number of rotatable bonds is 5. The number of alkyl halides is 3. The monoisotopic (exact) mass is 462 g/mol. The molecule has 32 heavy (non-hydrogen) atoms. The van der Waals surface area contributed by atoms with Crippen molar-refractivity contribution >= 4 is 11.9 Å². The minimum atomic E-state index is -5.08. The van der Waals surface area contributed by atoms with Crippen molar-refractivity contribution in [1.82, 2.24) is 10.2 Å². The number of hydrogen-bond acceptors (Lipinski definition) is 4. The Morgan fingerprint density at radius 2 is 2.00 bits per heavy atom. The van der Waals surface area contributed by atoms with Crippen LogP contribution in [0.15, 0.2) is 24.3 Å². The molecule has 2 atom stereocenters. The summed E-state index contributed by atoms with van der Waals surface area (Å²) < 4.78 is 51.5. The Morgan fingerprint density at radius 3 is 2.59 bits per heavy atom. The zero-order valence-electron chi connectivity index (χ0n) is 18.3. The van der Waals surface area contributed by atoms with Crippen molar-refractivity contribution in [3.63, 3.8) is 0 Å². The topological polar surface area (TPSA) is 78.9 Å². The Morgan fingerprint density at radius 1 is 1.31 bits per heavy atom. The molecule has 6 nitrogen and oxygen atoms in total. The first-order valence-electron chi connectivity index (χ1n) is 10.6. The maximum Gasteiger partial charge on any atom is 0.490 e. The van der Waals surface area contributed by atoms with Crippen LogP contribution in [0.1, 0.15) is 45.1 Å². The number of carboxylic acid groups (broad SMARTS) is 1. The van der Waals surface area contributed by atoms with E-state index >= 15 is 0 Å². The van der Waals surface area contributed by atoms with E-state index in [9.17, 15) is 22.4 Å². The normalized spacial score (nSPS) is 23.7. The first kappa shape index (κ1) is 26.1. The van der Waals surface area contributed by atoms with Gasteiger partial charge in [-0.25, -0.2) is 9.18 Å². The molecule has 2 fully saturated rings. The molecule has 0 radical (unpaired) electrons. The molecule has 1 amide bonds. The average molecular weight is 462 g/mol. The largest absolute Gasteiger partial charge is 0.490 e. The summed E-state index contributed by atoms with van der Waals surface area (Å²) in [5.74, 6) is -2.85. The molecule has 1 aromatic carbocycles. The number of halogens is 4. The second-order valence-corrected chi connectivity index (χ2v) is 8.61. The molecule has 0 aliphatic carbocycles. The van der Waals surface area contributed by atoms with Gasteiger partial charge in [0.15, 0.2) is 0 Å². The molecule has 2 saturated heterocycles. The SMILES string of the molecule is CC(C)C(=O)NC[C@H]1CCC[C@]2(CCN(Cc3cccc(F)c3)C2)O1.O=C(O)C(F)(F)F. The molecule has 1 aromatic rings. The van der Waals surface area contributed by atoms with Gasteiger partial charge in [-0.2, -0.15) is 13.2 Å². The summed E-state index contributed by atoms with van der Waals surface area (Å²) in [5.41, 5.74) is 0.910. The summed E-state index contributed by atoms with van der Waals surface area (Å²) in [5, 5.41) is 10.1. The van der Waals surface area contributed by atoms with Gasteiger partial charge >= 0.3 is 12.1 Å². The molecule has 0 saturated carbocycles. The van der Waals surface area contributed by atoms with Crippen LogP contribution in [0, 0.1) is 11.7 Å². The number of benzene rings is 1. The lowest BCUT2D eigenvalue weighted by molar-refractivity contribution is -0.192. The second-order valence-electron chi connectivity index (χ2n) is 8.61. The van der Waals surface area contributed by atoms with Gasteiger partial charge < -0.3 is 15.2 Å². The van der Waals surface area contributed by atoms with Crippen LogP contribution in [-0.4, -0.2) is 59.4 Å². The molecule has 0 unspecified atom stereocenters. The lowest BCUT2D eigenvalue weighted by Crippen LogP contribution is -2.47. The van der Waals surface area contributed by atoms with E-state index in [1.165, 1.54) is 6.07 Å². The van der Waals surface area contributed by atoms with Crippen LogP contribution in [-0.2, 0) is 20.9 Å². The van der Waals surface area contributed by atoms with E-state index in [0.29, 0.717) is 6.54 Å². The highest BCUT2D eigenvalue weighted by Crippen LogP contribution is 2.37. The van der Waals surface area contributed by atoms with Gasteiger partial charge in [0.05, 0.1) is 11.7 Å². The third kappa shape index (κ3) is 8.05. The molecule has 10 heteroatoms. The number of hydrogen-bond donors (Lipinski definition) is 2. The van der Waals surface area contributed by atoms with Gasteiger partial charge in [0.1, 0.15) is 5.82 Å². The predicted octanol–water partition coefficient (Wildman–Crippen LogP) is 3.74. The number of ether oxygens (including phenoxy) is 1. The van der Waals surface area contributed by atoms with E-state index in [-0.39, 0.29) is 29.3 Å². The molecule has 0 bridgehead atoms. The van der Waals surface area contributed by atoms with Crippen molar-refractivity contribution in [3.8, 4) is 0 Å². The van der Waals surface area contributed by atoms with Gasteiger partial charge in [0.2, 0.25) is 5.91 Å². The highest BCUT2D eigenvalue weighted by atomic mass is 19.4. The fourth-order valence-electron chi connectivity index (χ4n) is 3.94. The summed E-state index contributed by atoms with van der Waals surface area (Å²) in [7, 11) is 0. The smallest absolute Gasteiger partial charge is 0.475 e. The van der Waals surface area contributed by atoms with Crippen molar-refractivity contribution in [2.24, 2.45) is 5.92 Å². The maximum absolute atomic E-state index is 13.4. The Balaban J connectivity index is 0.000000451. The number of carbonyl (C=O) groups excluding carboxylic acids is 1. The summed E-state index contributed by atoms with van der Waals surface area (Å²) >= 11 is 0. The number of aliphatic carboxylic acids is 1. The van der Waals surface area contributed by atoms with Gasteiger partial charge in [0.25, 0.3) is 0 Å². The molecule has 2 heterocycles. The third-order valence-corrected chi connectivity index (χ3v) is 5.54. The van der Waals surface area contributed by atoms with E-state index < -0.39 is 12.1 Å². The van der Waals surface area contributed by atoms with E-state index in [4.69, 9.17) is 14.6 Å². The van der Waals surface area contributed by atoms with Gasteiger partial charge in [-0.3, -0.25) is 9.69 Å². The van der Waals surface area contributed by atoms with E-state index in [1.54, 1.807) is 12.1 Å². The highest BCUT2D eigenvalue weighted by Gasteiger charge is 2.43. The van der Waals surface area contributed by atoms with Crippen molar-refractivity contribution in [2.75, 3.05) is 19.6 Å². The summed E-state index contributed by atoms with van der Waals surface area (Å²) in [4.78, 5) is 23.0. The number of carboxylic acids is 1. The molecule has 2 aliphatic heterocycles. The van der Waals surface area contributed by atoms with Crippen LogP contribution < -0.4 is 5.32 Å². The molecule has 2 N–H and O–H groups in total. The first-order valence-corrected chi connectivity index (χ1v) is 10.6. The molecule has 0 aromatic heterocycles. The van der Waals surface area contributed by atoms with E-state index in [2.05, 4.69) is 10.2 Å². The van der Waals surface area contributed by atoms with Crippen molar-refractivity contribution < 1.29 is 37.0 Å². The maximum atomic E-state index is 13.4. The zero-order valence-corrected chi connectivity index (χ0v) is 18.3. The van der Waals surface area contributed by atoms with Crippen LogP contribution in [0.25, 0.3) is 0 Å². The second kappa shape index (κ2) is 11.1. The summed E-state index contributed by atoms with van der Waals surface area (Å²) in [6.07, 6.45) is -0.760. The van der Waals surface area contributed by atoms with Crippen molar-refractivity contribution in [2.45, 2.75) is 64.0 Å². The fourth-order valence-corrected chi connectivity index (χ4v) is 3.94. The van der Waals surface area contributed by atoms with Crippen LogP contribution in [0.5, 0.6) is 0 Å². The molecular weight excluding hydrogens is 432 g/mol. The number of likely N-dealkylation sites (tertiary alicyclic amines) is 1. The van der Waals surface area contributed by atoms with Crippen LogP contribution in [0.2, 0.25) is 0 Å². The Kier molecular flexibility index (Phi) is 9.03. The zero-order chi connectivity index (χ0) is 23.9. The minimum absolute atomic E-state index is 0.00536. The Labute approximate surface area is 184 Å². The number of amides is 1. The number of carbonyl (C=O) groups is 2. The quantitative estimate of drug-likeness (QED) is 0.652. The predicted molar refractivity (Wildman–Crippen MR) is 109 cm³/mol. The van der Waals surface area contributed by atoms with E-state index in [1.807, 2.05) is 19.9 Å². The standard InChI is InChI=1S/C20H29FN2O2.C2HF3O2/c1-15(2)19(24)22-12-18-7-4-8-20(25-18)9-10-23(14-20)13-16-5-3-6-17(21)11-16;3-2(4,5)1(6)7/h3,5-6,11,15,18H,4,7-10,12-14H2,1-2H3,(H,22,24);(H,6,7)/t18-,20-;/m1./s1. The highest BCUT2D eigenvalue weighted by molar-refractivity contribution is 5.77. The average Bonchev–Trinajstić information content (AvgIpc) is 3.07. The number of nitrogens with one attached hydrogen (secondary N) is 1. The fraction of sp³-hybridized carbons (Fsp3) is 0.636. The number of nitrogens with zero attached hydrogens (tertiary/aromatic N) is 1. The third-order valence-electron chi connectivity index (χ3n) is 5.54. The molecule has 1 spiro atoms. The lowest BCUT2D eigenvalue weighted by atomic mass is 9.90. The van der Waals surface area contributed by atoms with Gasteiger partial charge in [-0.15, -0.1) is 0 Å². The van der Waals surface area contributed by atoms with Crippen LogP contribution in [0.4, 0.5) is 17.6 Å². The van der Waals surface area contributed by atoms with Gasteiger partial charge in [-0.1, -0.05) is 26.0 Å². The molecular formula is C22H30F4N2O4. The van der Waals surface area contributed by atoms with Crippen molar-refractivity contribution in [1.29, 1.82) is 0 Å². The summed E-state index contributed by atoms with van der Waals surface area (Å²) in [6.45, 7) is 7.03. The minimum Gasteiger partial charge on any atom is -0.475 e. The molecule has 3 rings (SSSR count). The Hall–Kier alpha value is -2.20. The van der Waals surface area contributed by atoms with Crippen LogP contribution in [0.3, 0.4) is 0 Å². The van der Waals surface area contributed by atoms with E-state index in [0.717, 1.165) is 50.9 Å². The molecule has 180 valence electrons. The first-order chi connectivity index (χ1) is 14.9. The molecule has 2 aliphatic rings.